The molecule has 2 atom stereocenters. The highest BCUT2D eigenvalue weighted by molar-refractivity contribution is 5.59. The summed E-state index contributed by atoms with van der Waals surface area (Å²) in [4.78, 5) is 2.37. The number of hydrogen-bond acceptors (Lipinski definition) is 2. The van der Waals surface area contributed by atoms with E-state index in [1.165, 1.54) is 12.8 Å². The largest absolute Gasteiger partial charge is 0.368 e. The molecule has 1 aliphatic rings. The summed E-state index contributed by atoms with van der Waals surface area (Å²) in [5.41, 5.74) is 1.90. The third-order valence-corrected chi connectivity index (χ3v) is 3.47. The van der Waals surface area contributed by atoms with Crippen LogP contribution in [0.1, 0.15) is 32.3 Å². The first kappa shape index (κ1) is 11.0. The summed E-state index contributed by atoms with van der Waals surface area (Å²) in [6.45, 7) is 5.63. The first-order valence-corrected chi connectivity index (χ1v) is 5.98. The molecule has 0 saturated carbocycles. The predicted octanol–water partition coefficient (Wildman–Crippen LogP) is 3.18. The number of benzene rings is 1. The van der Waals surface area contributed by atoms with Crippen molar-refractivity contribution in [1.82, 2.24) is 0 Å². The Kier molecular flexibility index (Phi) is 3.14. The first-order valence-electron chi connectivity index (χ1n) is 5.98. The van der Waals surface area contributed by atoms with Gasteiger partial charge in [0.2, 0.25) is 0 Å². The van der Waals surface area contributed by atoms with E-state index in [1.54, 1.807) is 0 Å². The minimum Gasteiger partial charge on any atom is -0.368 e. The van der Waals surface area contributed by atoms with Gasteiger partial charge in [0.25, 0.3) is 0 Å². The van der Waals surface area contributed by atoms with E-state index in [9.17, 15) is 0 Å². The van der Waals surface area contributed by atoms with E-state index in [1.807, 2.05) is 18.2 Å². The lowest BCUT2D eigenvalue weighted by Gasteiger charge is -2.38. The molecule has 1 fully saturated rings. The van der Waals surface area contributed by atoms with E-state index in [0.717, 1.165) is 23.7 Å². The van der Waals surface area contributed by atoms with Gasteiger partial charge in [-0.15, -0.1) is 0 Å². The van der Waals surface area contributed by atoms with E-state index in [4.69, 9.17) is 5.26 Å². The molecule has 1 heterocycles. The zero-order chi connectivity index (χ0) is 11.5. The molecular weight excluding hydrogens is 196 g/mol. The molecule has 0 N–H and O–H groups in total. The van der Waals surface area contributed by atoms with Crippen LogP contribution in [0.3, 0.4) is 0 Å². The molecule has 1 aliphatic heterocycles. The normalized spacial score (nSPS) is 25.2. The molecule has 2 nitrogen and oxygen atoms in total. The van der Waals surface area contributed by atoms with Gasteiger partial charge in [-0.3, -0.25) is 0 Å². The van der Waals surface area contributed by atoms with Gasteiger partial charge in [0.15, 0.2) is 0 Å². The highest BCUT2D eigenvalue weighted by Gasteiger charge is 2.24. The molecule has 0 spiro atoms. The Labute approximate surface area is 97.5 Å². The Hall–Kier alpha value is -1.49. The highest BCUT2D eigenvalue weighted by atomic mass is 15.2. The van der Waals surface area contributed by atoms with Crippen molar-refractivity contribution in [1.29, 1.82) is 5.26 Å². The molecule has 16 heavy (non-hydrogen) atoms. The third kappa shape index (κ3) is 2.04. The fraction of sp³-hybridized carbons (Fsp3) is 0.500. The van der Waals surface area contributed by atoms with Gasteiger partial charge in [-0.2, -0.15) is 5.26 Å². The molecule has 0 bridgehead atoms. The van der Waals surface area contributed by atoms with E-state index < -0.39 is 0 Å². The lowest BCUT2D eigenvalue weighted by molar-refractivity contribution is 0.378. The quantitative estimate of drug-likeness (QED) is 0.718. The minimum absolute atomic E-state index is 0.540. The van der Waals surface area contributed by atoms with Crippen LogP contribution in [0.25, 0.3) is 0 Å². The average Bonchev–Trinajstić information content (AvgIpc) is 2.29. The summed E-state index contributed by atoms with van der Waals surface area (Å²) in [7, 11) is 0. The predicted molar refractivity (Wildman–Crippen MR) is 66.4 cm³/mol. The van der Waals surface area contributed by atoms with Crippen molar-refractivity contribution in [3.63, 3.8) is 0 Å². The van der Waals surface area contributed by atoms with E-state index in [0.29, 0.717) is 6.04 Å². The molecule has 2 unspecified atom stereocenters. The molecular formula is C14H18N2. The van der Waals surface area contributed by atoms with Crippen LogP contribution in [-0.4, -0.2) is 12.6 Å². The van der Waals surface area contributed by atoms with Gasteiger partial charge < -0.3 is 4.90 Å². The second-order valence-electron chi connectivity index (χ2n) is 4.80. The summed E-state index contributed by atoms with van der Waals surface area (Å²) in [5, 5.41) is 9.11. The molecule has 0 aromatic heterocycles. The summed E-state index contributed by atoms with van der Waals surface area (Å²) in [6, 6.07) is 10.7. The number of nitriles is 1. The van der Waals surface area contributed by atoms with Crippen LogP contribution in [0.2, 0.25) is 0 Å². The number of hydrogen-bond donors (Lipinski definition) is 0. The molecule has 84 valence electrons. The van der Waals surface area contributed by atoms with Gasteiger partial charge in [0.05, 0.1) is 11.3 Å². The van der Waals surface area contributed by atoms with Gasteiger partial charge in [-0.05, 0) is 37.8 Å². The monoisotopic (exact) mass is 214 g/mol. The van der Waals surface area contributed by atoms with Crippen LogP contribution < -0.4 is 4.90 Å². The lowest BCUT2D eigenvalue weighted by Crippen LogP contribution is -2.40. The Balaban J connectivity index is 2.27. The Morgan fingerprint density at radius 1 is 1.31 bits per heavy atom. The molecule has 1 saturated heterocycles. The Morgan fingerprint density at radius 2 is 2.06 bits per heavy atom. The third-order valence-electron chi connectivity index (χ3n) is 3.47. The number of piperidine rings is 1. The van der Waals surface area contributed by atoms with Crippen molar-refractivity contribution in [3.8, 4) is 6.07 Å². The molecule has 0 amide bonds. The molecule has 1 aromatic carbocycles. The SMILES string of the molecule is CC1CCN(c2ccccc2C#N)C(C)C1. The summed E-state index contributed by atoms with van der Waals surface area (Å²) >= 11 is 0. The van der Waals surface area contributed by atoms with Crippen molar-refractivity contribution in [2.24, 2.45) is 5.92 Å². The molecule has 1 aromatic rings. The second-order valence-corrected chi connectivity index (χ2v) is 4.80. The number of anilines is 1. The van der Waals surface area contributed by atoms with Crippen molar-refractivity contribution in [3.05, 3.63) is 29.8 Å². The fourth-order valence-corrected chi connectivity index (χ4v) is 2.58. The van der Waals surface area contributed by atoms with Crippen LogP contribution in [0.5, 0.6) is 0 Å². The maximum absolute atomic E-state index is 9.11. The molecule has 0 radical (unpaired) electrons. The topological polar surface area (TPSA) is 27.0 Å². The standard InChI is InChI=1S/C14H18N2/c1-11-7-8-16(12(2)9-11)14-6-4-3-5-13(14)10-15/h3-6,11-12H,7-9H2,1-2H3. The number of rotatable bonds is 1. The summed E-state index contributed by atoms with van der Waals surface area (Å²) in [5.74, 6) is 0.806. The number of para-hydroxylation sites is 1. The number of nitrogens with zero attached hydrogens (tertiary/aromatic N) is 2. The smallest absolute Gasteiger partial charge is 0.101 e. The highest BCUT2D eigenvalue weighted by Crippen LogP contribution is 2.29. The van der Waals surface area contributed by atoms with E-state index >= 15 is 0 Å². The van der Waals surface area contributed by atoms with Crippen LogP contribution in [0.4, 0.5) is 5.69 Å². The zero-order valence-electron chi connectivity index (χ0n) is 9.98. The summed E-state index contributed by atoms with van der Waals surface area (Å²) < 4.78 is 0. The van der Waals surface area contributed by atoms with Gasteiger partial charge in [-0.25, -0.2) is 0 Å². The molecule has 2 heteroatoms. The van der Waals surface area contributed by atoms with Crippen molar-refractivity contribution in [2.75, 3.05) is 11.4 Å². The van der Waals surface area contributed by atoms with Crippen molar-refractivity contribution in [2.45, 2.75) is 32.7 Å². The van der Waals surface area contributed by atoms with Crippen molar-refractivity contribution >= 4 is 5.69 Å². The van der Waals surface area contributed by atoms with Crippen molar-refractivity contribution < 1.29 is 0 Å². The average molecular weight is 214 g/mol. The van der Waals surface area contributed by atoms with E-state index in [-0.39, 0.29) is 0 Å². The minimum atomic E-state index is 0.540. The summed E-state index contributed by atoms with van der Waals surface area (Å²) in [6.07, 6.45) is 2.45. The molecule has 0 aliphatic carbocycles. The lowest BCUT2D eigenvalue weighted by atomic mass is 9.92. The zero-order valence-corrected chi connectivity index (χ0v) is 9.98. The van der Waals surface area contributed by atoms with Crippen LogP contribution in [0.15, 0.2) is 24.3 Å². The Bertz CT molecular complexity index is 405. The maximum Gasteiger partial charge on any atom is 0.101 e. The maximum atomic E-state index is 9.11. The van der Waals surface area contributed by atoms with Gasteiger partial charge >= 0.3 is 0 Å². The van der Waals surface area contributed by atoms with E-state index in [2.05, 4.69) is 30.9 Å². The fourth-order valence-electron chi connectivity index (χ4n) is 2.58. The van der Waals surface area contributed by atoms with Crippen LogP contribution >= 0.6 is 0 Å². The Morgan fingerprint density at radius 3 is 2.75 bits per heavy atom. The van der Waals surface area contributed by atoms with Gasteiger partial charge in [0.1, 0.15) is 6.07 Å². The van der Waals surface area contributed by atoms with Crippen LogP contribution in [-0.2, 0) is 0 Å². The van der Waals surface area contributed by atoms with Crippen LogP contribution in [0, 0.1) is 17.2 Å². The molecule has 2 rings (SSSR count). The first-order chi connectivity index (χ1) is 7.72. The van der Waals surface area contributed by atoms with Gasteiger partial charge in [-0.1, -0.05) is 19.1 Å². The van der Waals surface area contributed by atoms with Gasteiger partial charge in [0, 0.05) is 12.6 Å². The second kappa shape index (κ2) is 4.57.